The largest absolute Gasteiger partial charge is 0.354 e. The Labute approximate surface area is 176 Å². The lowest BCUT2D eigenvalue weighted by molar-refractivity contribution is 0.836. The van der Waals surface area contributed by atoms with E-state index in [0.29, 0.717) is 22.3 Å². The number of nitrogens with one attached hydrogen (secondary N) is 1. The van der Waals surface area contributed by atoms with E-state index in [2.05, 4.69) is 4.98 Å². The van der Waals surface area contributed by atoms with Gasteiger partial charge in [0.15, 0.2) is 0 Å². The molecule has 6 rings (SSSR count). The van der Waals surface area contributed by atoms with Crippen molar-refractivity contribution in [1.29, 1.82) is 0 Å². The number of hydrogen-bond donors (Lipinski definition) is 1. The molecule has 0 saturated carbocycles. The Balaban J connectivity index is 1.91. The van der Waals surface area contributed by atoms with Crippen LogP contribution in [0.3, 0.4) is 0 Å². The summed E-state index contributed by atoms with van der Waals surface area (Å²) < 4.78 is 2.88. The fourth-order valence-corrected chi connectivity index (χ4v) is 4.37. The van der Waals surface area contributed by atoms with Gasteiger partial charge in [-0.3, -0.25) is 9.36 Å². The van der Waals surface area contributed by atoms with Crippen LogP contribution in [0, 0.1) is 0 Å². The average molecular weight is 403 g/mol. The first-order valence-electron chi connectivity index (χ1n) is 10.1. The van der Waals surface area contributed by atoms with Gasteiger partial charge in [-0.25, -0.2) is 9.36 Å². The van der Waals surface area contributed by atoms with E-state index in [1.165, 1.54) is 4.57 Å². The van der Waals surface area contributed by atoms with Crippen molar-refractivity contribution in [2.45, 2.75) is 0 Å². The molecule has 0 fully saturated rings. The number of aromatic amines is 1. The van der Waals surface area contributed by atoms with E-state index in [0.717, 1.165) is 21.8 Å². The summed E-state index contributed by atoms with van der Waals surface area (Å²) in [6.45, 7) is 0. The number of hydrogen-bond acceptors (Lipinski definition) is 2. The zero-order chi connectivity index (χ0) is 20.9. The fraction of sp³-hybridized carbons (Fsp3) is 0. The Morgan fingerprint density at radius 2 is 1.16 bits per heavy atom. The number of aromatic nitrogens is 3. The minimum Gasteiger partial charge on any atom is -0.354 e. The molecule has 0 aliphatic heterocycles. The maximum absolute atomic E-state index is 13.8. The van der Waals surface area contributed by atoms with Crippen molar-refractivity contribution >= 4 is 32.7 Å². The van der Waals surface area contributed by atoms with Crippen LogP contribution in [0.1, 0.15) is 0 Å². The maximum atomic E-state index is 13.8. The lowest BCUT2D eigenvalue weighted by Gasteiger charge is -2.15. The third-order valence-corrected chi connectivity index (χ3v) is 5.72. The molecule has 6 aromatic rings. The van der Waals surface area contributed by atoms with Crippen molar-refractivity contribution in [1.82, 2.24) is 14.1 Å². The zero-order valence-electron chi connectivity index (χ0n) is 16.4. The first-order chi connectivity index (χ1) is 15.2. The van der Waals surface area contributed by atoms with Crippen molar-refractivity contribution in [3.63, 3.8) is 0 Å². The summed E-state index contributed by atoms with van der Waals surface area (Å²) in [5.41, 5.74) is 2.94. The minimum atomic E-state index is -0.394. The second-order valence-electron chi connectivity index (χ2n) is 7.48. The van der Waals surface area contributed by atoms with Crippen molar-refractivity contribution in [2.75, 3.05) is 0 Å². The van der Waals surface area contributed by atoms with Gasteiger partial charge in [0, 0.05) is 21.8 Å². The Kier molecular flexibility index (Phi) is 3.70. The smallest absolute Gasteiger partial charge is 0.340 e. The third-order valence-electron chi connectivity index (χ3n) is 5.72. The molecule has 0 amide bonds. The monoisotopic (exact) mass is 403 g/mol. The maximum Gasteiger partial charge on any atom is 0.340 e. The van der Waals surface area contributed by atoms with Gasteiger partial charge in [0.05, 0.1) is 22.3 Å². The van der Waals surface area contributed by atoms with Crippen molar-refractivity contribution in [3.05, 3.63) is 118 Å². The predicted molar refractivity (Wildman–Crippen MR) is 125 cm³/mol. The van der Waals surface area contributed by atoms with Crippen LogP contribution in [0.15, 0.2) is 107 Å². The SMILES string of the molecule is O=c1c2c3c(ccc2n(-c2ccccc2)c(=O)n1-c1ccccc1)[nH]c1ccccc13. The second-order valence-corrected chi connectivity index (χ2v) is 7.48. The van der Waals surface area contributed by atoms with Gasteiger partial charge in [-0.2, -0.15) is 0 Å². The van der Waals surface area contributed by atoms with Gasteiger partial charge in [-0.05, 0) is 42.5 Å². The van der Waals surface area contributed by atoms with Crippen molar-refractivity contribution in [3.8, 4) is 11.4 Å². The van der Waals surface area contributed by atoms with Gasteiger partial charge in [0.1, 0.15) is 0 Å². The molecular formula is C26H17N3O2. The molecule has 0 saturated heterocycles. The molecule has 5 heteroatoms. The van der Waals surface area contributed by atoms with Gasteiger partial charge in [-0.15, -0.1) is 0 Å². The van der Waals surface area contributed by atoms with Crippen LogP contribution in [0.25, 0.3) is 44.1 Å². The van der Waals surface area contributed by atoms with Crippen LogP contribution < -0.4 is 11.2 Å². The van der Waals surface area contributed by atoms with Crippen LogP contribution in [0.5, 0.6) is 0 Å². The van der Waals surface area contributed by atoms with E-state index in [1.807, 2.05) is 84.9 Å². The summed E-state index contributed by atoms with van der Waals surface area (Å²) in [7, 11) is 0. The van der Waals surface area contributed by atoms with Crippen LogP contribution in [0.2, 0.25) is 0 Å². The predicted octanol–water partition coefficient (Wildman–Crippen LogP) is 4.78. The van der Waals surface area contributed by atoms with E-state index in [9.17, 15) is 9.59 Å². The number of nitrogens with zero attached hydrogens (tertiary/aromatic N) is 2. The molecule has 0 spiro atoms. The number of benzene rings is 4. The molecule has 0 radical (unpaired) electrons. The molecule has 1 N–H and O–H groups in total. The Morgan fingerprint density at radius 1 is 0.548 bits per heavy atom. The summed E-state index contributed by atoms with van der Waals surface area (Å²) in [4.78, 5) is 30.9. The minimum absolute atomic E-state index is 0.325. The molecular weight excluding hydrogens is 386 g/mol. The topological polar surface area (TPSA) is 59.8 Å². The van der Waals surface area contributed by atoms with E-state index >= 15 is 0 Å². The highest BCUT2D eigenvalue weighted by Gasteiger charge is 2.19. The van der Waals surface area contributed by atoms with Crippen LogP contribution in [-0.4, -0.2) is 14.1 Å². The molecule has 2 heterocycles. The molecule has 4 aromatic carbocycles. The molecule has 0 unspecified atom stereocenters. The Bertz CT molecular complexity index is 1710. The number of H-pyrrole nitrogens is 1. The molecule has 0 bridgehead atoms. The highest BCUT2D eigenvalue weighted by atomic mass is 16.2. The molecule has 31 heavy (non-hydrogen) atoms. The number of rotatable bonds is 2. The van der Waals surface area contributed by atoms with E-state index in [4.69, 9.17) is 0 Å². The summed E-state index contributed by atoms with van der Waals surface area (Å²) in [5, 5.41) is 2.30. The zero-order valence-corrected chi connectivity index (χ0v) is 16.4. The molecule has 2 aromatic heterocycles. The van der Waals surface area contributed by atoms with Crippen LogP contribution >= 0.6 is 0 Å². The van der Waals surface area contributed by atoms with Crippen LogP contribution in [-0.2, 0) is 0 Å². The van der Waals surface area contributed by atoms with Gasteiger partial charge in [-0.1, -0.05) is 54.6 Å². The first kappa shape index (κ1) is 17.5. The van der Waals surface area contributed by atoms with Gasteiger partial charge in [0.25, 0.3) is 5.56 Å². The van der Waals surface area contributed by atoms with Gasteiger partial charge in [0.2, 0.25) is 0 Å². The van der Waals surface area contributed by atoms with Crippen molar-refractivity contribution < 1.29 is 0 Å². The number of fused-ring (bicyclic) bond motifs is 5. The Hall–Kier alpha value is -4.38. The van der Waals surface area contributed by atoms with Crippen LogP contribution in [0.4, 0.5) is 0 Å². The quantitative estimate of drug-likeness (QED) is 0.452. The summed E-state index contributed by atoms with van der Waals surface area (Å²) in [5.74, 6) is 0. The highest BCUT2D eigenvalue weighted by molar-refractivity contribution is 6.19. The first-order valence-corrected chi connectivity index (χ1v) is 10.1. The molecule has 0 aliphatic rings. The summed E-state index contributed by atoms with van der Waals surface area (Å²) >= 11 is 0. The normalized spacial score (nSPS) is 11.5. The van der Waals surface area contributed by atoms with E-state index in [-0.39, 0.29) is 5.56 Å². The third kappa shape index (κ3) is 2.50. The van der Waals surface area contributed by atoms with E-state index < -0.39 is 5.69 Å². The van der Waals surface area contributed by atoms with Crippen molar-refractivity contribution in [2.24, 2.45) is 0 Å². The molecule has 0 atom stereocenters. The lowest BCUT2D eigenvalue weighted by atomic mass is 10.1. The summed E-state index contributed by atoms with van der Waals surface area (Å²) in [6, 6.07) is 30.2. The molecule has 148 valence electrons. The fourth-order valence-electron chi connectivity index (χ4n) is 4.37. The van der Waals surface area contributed by atoms with Gasteiger partial charge >= 0.3 is 5.69 Å². The van der Waals surface area contributed by atoms with E-state index in [1.54, 1.807) is 16.7 Å². The highest BCUT2D eigenvalue weighted by Crippen LogP contribution is 2.31. The van der Waals surface area contributed by atoms with Gasteiger partial charge < -0.3 is 4.98 Å². The Morgan fingerprint density at radius 3 is 1.87 bits per heavy atom. The lowest BCUT2D eigenvalue weighted by Crippen LogP contribution is -2.38. The molecule has 0 aliphatic carbocycles. The average Bonchev–Trinajstić information content (AvgIpc) is 3.19. The second kappa shape index (κ2) is 6.57. The standard InChI is InChI=1S/C26H17N3O2/c30-25-24-22(16-15-21-23(24)19-13-7-8-14-20(19)27-21)28(17-9-3-1-4-10-17)26(31)29(25)18-11-5-2-6-12-18/h1-16,27H. The summed E-state index contributed by atoms with van der Waals surface area (Å²) in [6.07, 6.45) is 0. The molecule has 5 nitrogen and oxygen atoms in total. The number of para-hydroxylation sites is 3.